The largest absolute Gasteiger partial charge is 0.355 e. The van der Waals surface area contributed by atoms with E-state index in [1.54, 1.807) is 6.92 Å². The van der Waals surface area contributed by atoms with E-state index < -0.39 is 0 Å². The van der Waals surface area contributed by atoms with Gasteiger partial charge in [0.25, 0.3) is 0 Å². The normalized spacial score (nSPS) is 19.6. The van der Waals surface area contributed by atoms with Crippen molar-refractivity contribution in [3.05, 3.63) is 34.9 Å². The van der Waals surface area contributed by atoms with Crippen LogP contribution in [-0.4, -0.2) is 18.2 Å². The Morgan fingerprint density at radius 3 is 2.69 bits per heavy atom. The minimum Gasteiger partial charge on any atom is -0.355 e. The average molecular weight is 217 g/mol. The third-order valence-electron chi connectivity index (χ3n) is 3.08. The monoisotopic (exact) mass is 217 g/mol. The highest BCUT2D eigenvalue weighted by Crippen LogP contribution is 2.25. The van der Waals surface area contributed by atoms with Gasteiger partial charge in [-0.2, -0.15) is 0 Å². The molecular weight excluding hydrogens is 202 g/mol. The van der Waals surface area contributed by atoms with Gasteiger partial charge < -0.3 is 5.32 Å². The molecule has 1 N–H and O–H groups in total. The van der Waals surface area contributed by atoms with Crippen molar-refractivity contribution < 1.29 is 9.59 Å². The summed E-state index contributed by atoms with van der Waals surface area (Å²) in [7, 11) is 0. The van der Waals surface area contributed by atoms with E-state index in [9.17, 15) is 9.59 Å². The molecule has 0 radical (unpaired) electrons. The predicted molar refractivity (Wildman–Crippen MR) is 61.6 cm³/mol. The molecule has 1 aromatic carbocycles. The van der Waals surface area contributed by atoms with Gasteiger partial charge >= 0.3 is 0 Å². The lowest BCUT2D eigenvalue weighted by molar-refractivity contribution is -0.119. The number of ketones is 1. The van der Waals surface area contributed by atoms with Gasteiger partial charge in [0.15, 0.2) is 5.78 Å². The Morgan fingerprint density at radius 1 is 1.44 bits per heavy atom. The van der Waals surface area contributed by atoms with Crippen LogP contribution >= 0.6 is 0 Å². The lowest BCUT2D eigenvalue weighted by atomic mass is 9.94. The fraction of sp³-hybridized carbons (Fsp3) is 0.385. The lowest BCUT2D eigenvalue weighted by Gasteiger charge is -2.10. The van der Waals surface area contributed by atoms with Crippen LogP contribution in [0, 0.1) is 6.92 Å². The highest BCUT2D eigenvalue weighted by atomic mass is 16.1. The molecule has 0 aliphatic carbocycles. The van der Waals surface area contributed by atoms with E-state index in [0.29, 0.717) is 13.0 Å². The number of amides is 1. The van der Waals surface area contributed by atoms with Crippen molar-refractivity contribution in [2.75, 3.05) is 6.54 Å². The van der Waals surface area contributed by atoms with Crippen molar-refractivity contribution in [2.24, 2.45) is 0 Å². The second-order valence-electron chi connectivity index (χ2n) is 4.34. The van der Waals surface area contributed by atoms with Crippen molar-refractivity contribution in [1.82, 2.24) is 5.32 Å². The van der Waals surface area contributed by atoms with Gasteiger partial charge in [0.2, 0.25) is 5.91 Å². The van der Waals surface area contributed by atoms with Crippen LogP contribution < -0.4 is 5.32 Å². The lowest BCUT2D eigenvalue weighted by Crippen LogP contribution is -2.13. The first kappa shape index (κ1) is 10.9. The van der Waals surface area contributed by atoms with Gasteiger partial charge in [0.05, 0.1) is 0 Å². The summed E-state index contributed by atoms with van der Waals surface area (Å²) in [5, 5.41) is 2.82. The van der Waals surface area contributed by atoms with Crippen molar-refractivity contribution in [1.29, 1.82) is 0 Å². The smallest absolute Gasteiger partial charge is 0.220 e. The minimum absolute atomic E-state index is 0.0877. The van der Waals surface area contributed by atoms with Crippen LogP contribution in [0.3, 0.4) is 0 Å². The van der Waals surface area contributed by atoms with Crippen molar-refractivity contribution >= 4 is 11.7 Å². The summed E-state index contributed by atoms with van der Waals surface area (Å²) in [6.45, 7) is 4.21. The maximum atomic E-state index is 11.3. The van der Waals surface area contributed by atoms with E-state index in [2.05, 4.69) is 5.32 Å². The zero-order valence-electron chi connectivity index (χ0n) is 9.54. The number of benzene rings is 1. The fourth-order valence-corrected chi connectivity index (χ4v) is 2.18. The molecule has 84 valence electrons. The first-order chi connectivity index (χ1) is 7.58. The molecule has 0 unspecified atom stereocenters. The fourth-order valence-electron chi connectivity index (χ4n) is 2.18. The molecule has 2 rings (SSSR count). The van der Waals surface area contributed by atoms with E-state index in [-0.39, 0.29) is 17.6 Å². The molecule has 3 nitrogen and oxygen atoms in total. The standard InChI is InChI=1S/C13H15NO2/c1-8-5-10(3-4-12(8)9(2)15)11-6-13(16)14-7-11/h3-5,11H,6-7H2,1-2H3,(H,14,16)/t11-/m0/s1. The first-order valence-corrected chi connectivity index (χ1v) is 5.46. The van der Waals surface area contributed by atoms with E-state index in [0.717, 1.165) is 16.7 Å². The maximum Gasteiger partial charge on any atom is 0.220 e. The molecule has 1 aliphatic rings. The Hall–Kier alpha value is -1.64. The van der Waals surface area contributed by atoms with E-state index in [4.69, 9.17) is 0 Å². The molecule has 1 amide bonds. The molecule has 0 spiro atoms. The van der Waals surface area contributed by atoms with Crippen LogP contribution in [0.1, 0.15) is 40.7 Å². The Kier molecular flexibility index (Phi) is 2.77. The molecule has 0 aromatic heterocycles. The van der Waals surface area contributed by atoms with Crippen LogP contribution in [0.4, 0.5) is 0 Å². The van der Waals surface area contributed by atoms with Crippen molar-refractivity contribution in [3.63, 3.8) is 0 Å². The van der Waals surface area contributed by atoms with Gasteiger partial charge in [-0.15, -0.1) is 0 Å². The summed E-state index contributed by atoms with van der Waals surface area (Å²) in [5.41, 5.74) is 2.89. The summed E-state index contributed by atoms with van der Waals surface area (Å²) in [6.07, 6.45) is 0.554. The molecule has 0 bridgehead atoms. The van der Waals surface area contributed by atoms with Crippen LogP contribution in [0.25, 0.3) is 0 Å². The Labute approximate surface area is 94.9 Å². The Morgan fingerprint density at radius 2 is 2.19 bits per heavy atom. The Bertz CT molecular complexity index is 451. The predicted octanol–water partition coefficient (Wildman–Crippen LogP) is 1.80. The molecule has 3 heteroatoms. The quantitative estimate of drug-likeness (QED) is 0.768. The van der Waals surface area contributed by atoms with Crippen LogP contribution in [-0.2, 0) is 4.79 Å². The number of hydrogen-bond donors (Lipinski definition) is 1. The van der Waals surface area contributed by atoms with Gasteiger partial charge in [0, 0.05) is 24.4 Å². The summed E-state index contributed by atoms with van der Waals surface area (Å²) in [5.74, 6) is 0.454. The topological polar surface area (TPSA) is 46.2 Å². The molecule has 1 heterocycles. The zero-order valence-corrected chi connectivity index (χ0v) is 9.54. The molecule has 0 saturated carbocycles. The Balaban J connectivity index is 2.27. The number of nitrogens with one attached hydrogen (secondary N) is 1. The molecule has 1 aliphatic heterocycles. The average Bonchev–Trinajstić information content (AvgIpc) is 2.64. The van der Waals surface area contributed by atoms with Gasteiger partial charge in [-0.3, -0.25) is 9.59 Å². The number of carbonyl (C=O) groups excluding carboxylic acids is 2. The van der Waals surface area contributed by atoms with Gasteiger partial charge in [-0.25, -0.2) is 0 Å². The number of rotatable bonds is 2. The van der Waals surface area contributed by atoms with Crippen LogP contribution in [0.2, 0.25) is 0 Å². The highest BCUT2D eigenvalue weighted by Gasteiger charge is 2.23. The van der Waals surface area contributed by atoms with E-state index in [1.807, 2.05) is 25.1 Å². The SMILES string of the molecule is CC(=O)c1ccc([C@@H]2CNC(=O)C2)cc1C. The third-order valence-corrected chi connectivity index (χ3v) is 3.08. The summed E-state index contributed by atoms with van der Waals surface area (Å²) in [6, 6.07) is 5.83. The minimum atomic E-state index is 0.0877. The summed E-state index contributed by atoms with van der Waals surface area (Å²) >= 11 is 0. The third kappa shape index (κ3) is 1.98. The first-order valence-electron chi connectivity index (χ1n) is 5.46. The van der Waals surface area contributed by atoms with Crippen molar-refractivity contribution in [2.45, 2.75) is 26.2 Å². The van der Waals surface area contributed by atoms with E-state index in [1.165, 1.54) is 0 Å². The van der Waals surface area contributed by atoms with Crippen LogP contribution in [0.15, 0.2) is 18.2 Å². The highest BCUT2D eigenvalue weighted by molar-refractivity contribution is 5.95. The maximum absolute atomic E-state index is 11.3. The molecule has 1 aromatic rings. The number of Topliss-reactive ketones (excluding diaryl/α,β-unsaturated/α-hetero) is 1. The zero-order chi connectivity index (χ0) is 11.7. The van der Waals surface area contributed by atoms with E-state index >= 15 is 0 Å². The number of hydrogen-bond acceptors (Lipinski definition) is 2. The molecule has 1 saturated heterocycles. The molecule has 16 heavy (non-hydrogen) atoms. The summed E-state index contributed by atoms with van der Waals surface area (Å²) in [4.78, 5) is 22.4. The van der Waals surface area contributed by atoms with Gasteiger partial charge in [-0.05, 0) is 25.0 Å². The van der Waals surface area contributed by atoms with Crippen LogP contribution in [0.5, 0.6) is 0 Å². The second kappa shape index (κ2) is 4.08. The van der Waals surface area contributed by atoms with Gasteiger partial charge in [0.1, 0.15) is 0 Å². The van der Waals surface area contributed by atoms with Gasteiger partial charge in [-0.1, -0.05) is 18.2 Å². The number of aryl methyl sites for hydroxylation is 1. The van der Waals surface area contributed by atoms with Crippen molar-refractivity contribution in [3.8, 4) is 0 Å². The second-order valence-corrected chi connectivity index (χ2v) is 4.34. The number of carbonyl (C=O) groups is 2. The summed E-state index contributed by atoms with van der Waals surface area (Å²) < 4.78 is 0. The molecular formula is C13H15NO2. The molecule has 1 fully saturated rings. The molecule has 1 atom stereocenters.